The van der Waals surface area contributed by atoms with Gasteiger partial charge in [-0.1, -0.05) is 6.08 Å². The third-order valence-corrected chi connectivity index (χ3v) is 2.47. The van der Waals surface area contributed by atoms with E-state index in [9.17, 15) is 0 Å². The van der Waals surface area contributed by atoms with E-state index in [1.807, 2.05) is 6.07 Å². The maximum atomic E-state index is 5.36. The number of hydrogen-bond acceptors (Lipinski definition) is 3. The van der Waals surface area contributed by atoms with E-state index < -0.39 is 0 Å². The van der Waals surface area contributed by atoms with Crippen LogP contribution >= 0.6 is 0 Å². The van der Waals surface area contributed by atoms with Crippen molar-refractivity contribution in [2.75, 3.05) is 6.61 Å². The highest BCUT2D eigenvalue weighted by molar-refractivity contribution is 5.16. The summed E-state index contributed by atoms with van der Waals surface area (Å²) in [5.41, 5.74) is 1.20. The molecule has 1 aromatic rings. The van der Waals surface area contributed by atoms with Gasteiger partial charge in [0.25, 0.3) is 0 Å². The highest BCUT2D eigenvalue weighted by Gasteiger charge is 2.20. The van der Waals surface area contributed by atoms with Gasteiger partial charge in [-0.2, -0.15) is 0 Å². The molecule has 0 aliphatic heterocycles. The van der Waals surface area contributed by atoms with Crippen molar-refractivity contribution in [2.24, 2.45) is 0 Å². The van der Waals surface area contributed by atoms with Crippen molar-refractivity contribution < 1.29 is 9.15 Å². The van der Waals surface area contributed by atoms with Gasteiger partial charge in [-0.05, 0) is 18.9 Å². The van der Waals surface area contributed by atoms with Crippen LogP contribution in [0.2, 0.25) is 0 Å². The first-order valence-electron chi connectivity index (χ1n) is 5.37. The maximum absolute atomic E-state index is 5.36. The van der Waals surface area contributed by atoms with E-state index in [1.54, 1.807) is 12.3 Å². The van der Waals surface area contributed by atoms with Crippen LogP contribution in [0.1, 0.15) is 24.2 Å². The molecule has 1 fully saturated rings. The molecule has 0 spiro atoms. The van der Waals surface area contributed by atoms with E-state index in [1.165, 1.54) is 18.4 Å². The minimum atomic E-state index is 0.528. The maximum Gasteiger partial charge on any atom is 0.133 e. The molecule has 1 N–H and O–H groups in total. The van der Waals surface area contributed by atoms with Gasteiger partial charge in [0.15, 0.2) is 0 Å². The second-order valence-corrected chi connectivity index (χ2v) is 3.83. The predicted octanol–water partition coefficient (Wildman–Crippen LogP) is 2.23. The minimum absolute atomic E-state index is 0.528. The molecule has 0 unspecified atom stereocenters. The molecule has 15 heavy (non-hydrogen) atoms. The van der Waals surface area contributed by atoms with E-state index >= 15 is 0 Å². The Hall–Kier alpha value is -1.06. The highest BCUT2D eigenvalue weighted by Crippen LogP contribution is 2.20. The Morgan fingerprint density at radius 1 is 1.60 bits per heavy atom. The number of hydrogen-bond donors (Lipinski definition) is 1. The van der Waals surface area contributed by atoms with Crippen molar-refractivity contribution in [3.05, 3.63) is 36.3 Å². The van der Waals surface area contributed by atoms with Crippen molar-refractivity contribution in [2.45, 2.75) is 32.0 Å². The zero-order chi connectivity index (χ0) is 10.5. The Bertz CT molecular complexity index is 315. The fourth-order valence-electron chi connectivity index (χ4n) is 1.43. The third kappa shape index (κ3) is 3.22. The van der Waals surface area contributed by atoms with Gasteiger partial charge in [-0.25, -0.2) is 0 Å². The molecule has 1 heterocycles. The minimum Gasteiger partial charge on any atom is -0.467 e. The molecular formula is C12H17NO2. The molecule has 0 amide bonds. The van der Waals surface area contributed by atoms with E-state index in [2.05, 4.69) is 11.9 Å². The second-order valence-electron chi connectivity index (χ2n) is 3.83. The number of rotatable bonds is 7. The normalized spacial score (nSPS) is 15.5. The monoisotopic (exact) mass is 207 g/mol. The third-order valence-electron chi connectivity index (χ3n) is 2.47. The summed E-state index contributed by atoms with van der Waals surface area (Å²) in [5, 5.41) is 3.45. The quantitative estimate of drug-likeness (QED) is 0.550. The van der Waals surface area contributed by atoms with Crippen LogP contribution in [-0.4, -0.2) is 12.6 Å². The van der Waals surface area contributed by atoms with Crippen LogP contribution < -0.4 is 5.32 Å². The van der Waals surface area contributed by atoms with Gasteiger partial charge in [0.05, 0.1) is 12.9 Å². The Morgan fingerprint density at radius 2 is 2.47 bits per heavy atom. The molecule has 3 nitrogen and oxygen atoms in total. The highest BCUT2D eigenvalue weighted by atomic mass is 16.5. The molecule has 3 heteroatoms. The van der Waals surface area contributed by atoms with Crippen LogP contribution in [0.15, 0.2) is 29.4 Å². The fourth-order valence-corrected chi connectivity index (χ4v) is 1.43. The lowest BCUT2D eigenvalue weighted by Gasteiger charge is -2.03. The average molecular weight is 207 g/mol. The number of ether oxygens (including phenoxy) is 1. The van der Waals surface area contributed by atoms with Gasteiger partial charge < -0.3 is 14.5 Å². The first-order chi connectivity index (χ1) is 7.40. The Balaban J connectivity index is 1.80. The van der Waals surface area contributed by atoms with Crippen molar-refractivity contribution in [3.63, 3.8) is 0 Å². The second kappa shape index (κ2) is 5.14. The van der Waals surface area contributed by atoms with Crippen LogP contribution in [0.25, 0.3) is 0 Å². The van der Waals surface area contributed by atoms with E-state index in [0.717, 1.165) is 18.3 Å². The summed E-state index contributed by atoms with van der Waals surface area (Å²) < 4.78 is 10.7. The van der Waals surface area contributed by atoms with Gasteiger partial charge in [-0.15, -0.1) is 6.58 Å². The van der Waals surface area contributed by atoms with Gasteiger partial charge in [0, 0.05) is 18.2 Å². The standard InChI is InChI=1S/C12H17NO2/c1-2-6-14-9-12-10(5-7-15-12)8-13-11-3-4-11/h2,5,7,11,13H,1,3-4,6,8-9H2. The van der Waals surface area contributed by atoms with Crippen LogP contribution in [0.5, 0.6) is 0 Å². The summed E-state index contributed by atoms with van der Waals surface area (Å²) >= 11 is 0. The van der Waals surface area contributed by atoms with Gasteiger partial charge in [-0.3, -0.25) is 0 Å². The first kappa shape index (κ1) is 10.5. The number of furan rings is 1. The van der Waals surface area contributed by atoms with Crippen LogP contribution in [0, 0.1) is 0 Å². The Kier molecular flexibility index (Phi) is 3.59. The molecule has 1 saturated carbocycles. The van der Waals surface area contributed by atoms with Crippen LogP contribution in [-0.2, 0) is 17.9 Å². The zero-order valence-electron chi connectivity index (χ0n) is 8.87. The van der Waals surface area contributed by atoms with Crippen molar-refractivity contribution >= 4 is 0 Å². The average Bonchev–Trinajstić information content (AvgIpc) is 2.97. The summed E-state index contributed by atoms with van der Waals surface area (Å²) in [6.45, 7) is 5.58. The molecule has 1 aromatic heterocycles. The lowest BCUT2D eigenvalue weighted by atomic mass is 10.2. The molecule has 1 aliphatic rings. The molecule has 2 rings (SSSR count). The number of nitrogens with one attached hydrogen (secondary N) is 1. The molecule has 1 aliphatic carbocycles. The lowest BCUT2D eigenvalue weighted by Crippen LogP contribution is -2.15. The molecular weight excluding hydrogens is 190 g/mol. The van der Waals surface area contributed by atoms with Gasteiger partial charge in [0.1, 0.15) is 12.4 Å². The van der Waals surface area contributed by atoms with E-state index in [4.69, 9.17) is 9.15 Å². The Labute approximate surface area is 90.1 Å². The Morgan fingerprint density at radius 3 is 3.20 bits per heavy atom. The summed E-state index contributed by atoms with van der Waals surface area (Å²) in [6.07, 6.45) is 6.07. The van der Waals surface area contributed by atoms with Crippen molar-refractivity contribution in [1.29, 1.82) is 0 Å². The molecule has 0 atom stereocenters. The van der Waals surface area contributed by atoms with Gasteiger partial charge >= 0.3 is 0 Å². The lowest BCUT2D eigenvalue weighted by molar-refractivity contribution is 0.130. The van der Waals surface area contributed by atoms with E-state index in [0.29, 0.717) is 13.2 Å². The summed E-state index contributed by atoms with van der Waals surface area (Å²) in [4.78, 5) is 0. The fraction of sp³-hybridized carbons (Fsp3) is 0.500. The summed E-state index contributed by atoms with van der Waals surface area (Å²) in [5.74, 6) is 0.921. The molecule has 0 bridgehead atoms. The van der Waals surface area contributed by atoms with Crippen LogP contribution in [0.3, 0.4) is 0 Å². The smallest absolute Gasteiger partial charge is 0.133 e. The van der Waals surface area contributed by atoms with Crippen molar-refractivity contribution in [1.82, 2.24) is 5.32 Å². The predicted molar refractivity (Wildman–Crippen MR) is 58.4 cm³/mol. The topological polar surface area (TPSA) is 34.4 Å². The zero-order valence-corrected chi connectivity index (χ0v) is 8.87. The molecule has 0 aromatic carbocycles. The molecule has 0 radical (unpaired) electrons. The van der Waals surface area contributed by atoms with Gasteiger partial charge in [0.2, 0.25) is 0 Å². The summed E-state index contributed by atoms with van der Waals surface area (Å²) in [6, 6.07) is 2.73. The molecule has 0 saturated heterocycles. The molecule has 82 valence electrons. The van der Waals surface area contributed by atoms with Crippen molar-refractivity contribution in [3.8, 4) is 0 Å². The SMILES string of the molecule is C=CCOCc1occc1CNC1CC1. The summed E-state index contributed by atoms with van der Waals surface area (Å²) in [7, 11) is 0. The van der Waals surface area contributed by atoms with Crippen LogP contribution in [0.4, 0.5) is 0 Å². The largest absolute Gasteiger partial charge is 0.467 e. The van der Waals surface area contributed by atoms with E-state index in [-0.39, 0.29) is 0 Å². The first-order valence-corrected chi connectivity index (χ1v) is 5.37.